The van der Waals surface area contributed by atoms with Gasteiger partial charge in [-0.25, -0.2) is 9.37 Å². The fourth-order valence-electron chi connectivity index (χ4n) is 2.87. The summed E-state index contributed by atoms with van der Waals surface area (Å²) in [7, 11) is 1.00. The van der Waals surface area contributed by atoms with Gasteiger partial charge in [-0.3, -0.25) is 4.79 Å². The number of aliphatic hydroxyl groups excluding tert-OH is 1. The second kappa shape index (κ2) is 11.6. The molecule has 0 unspecified atom stereocenters. The monoisotopic (exact) mass is 430 g/mol. The van der Waals surface area contributed by atoms with Gasteiger partial charge in [0.15, 0.2) is 0 Å². The Bertz CT molecular complexity index is 1030. The summed E-state index contributed by atoms with van der Waals surface area (Å²) >= 11 is 5.86. The van der Waals surface area contributed by atoms with Crippen LogP contribution in [0.15, 0.2) is 36.5 Å². The van der Waals surface area contributed by atoms with Gasteiger partial charge in [0.1, 0.15) is 16.7 Å². The number of amides is 1. The average Bonchev–Trinajstić information content (AvgIpc) is 3.05. The van der Waals surface area contributed by atoms with Crippen LogP contribution in [0.1, 0.15) is 27.3 Å². The van der Waals surface area contributed by atoms with Gasteiger partial charge >= 0.3 is 0 Å². The number of terminal acetylenes is 1. The van der Waals surface area contributed by atoms with E-state index in [-0.39, 0.29) is 28.0 Å². The molecule has 0 fully saturated rings. The Kier molecular flexibility index (Phi) is 9.56. The number of nitrogens with zero attached hydrogens (tertiary/aromatic N) is 1. The zero-order valence-corrected chi connectivity index (χ0v) is 17.7. The maximum Gasteiger partial charge on any atom is 0.270 e. The lowest BCUT2D eigenvalue weighted by Gasteiger charge is -2.07. The summed E-state index contributed by atoms with van der Waals surface area (Å²) in [6.07, 6.45) is 9.03. The molecule has 0 saturated heterocycles. The number of nitrogen functional groups attached to an aromatic ring is 1. The molecule has 0 aliphatic rings. The molecule has 3 rings (SSSR count). The van der Waals surface area contributed by atoms with E-state index < -0.39 is 5.82 Å². The van der Waals surface area contributed by atoms with Crippen LogP contribution in [0.3, 0.4) is 0 Å². The average molecular weight is 431 g/mol. The third-order valence-electron chi connectivity index (χ3n) is 4.08. The molecule has 1 amide bonds. The number of aliphatic hydroxyl groups is 1. The number of anilines is 1. The number of H-pyrrole nitrogens is 1. The molecule has 3 aromatic rings. The van der Waals surface area contributed by atoms with E-state index in [0.717, 1.165) is 24.4 Å². The number of nitrogens with two attached hydrogens (primary N) is 1. The Morgan fingerprint density at radius 2 is 1.97 bits per heavy atom. The first-order valence-electron chi connectivity index (χ1n) is 8.78. The molecule has 30 heavy (non-hydrogen) atoms. The highest BCUT2D eigenvalue weighted by Gasteiger charge is 2.21. The molecule has 0 bridgehead atoms. The van der Waals surface area contributed by atoms with Crippen molar-refractivity contribution >= 4 is 23.2 Å². The Balaban J connectivity index is 0.00000106. The molecule has 5 N–H and O–H groups in total. The minimum atomic E-state index is -0.560. The topological polar surface area (TPSA) is 104 Å². The van der Waals surface area contributed by atoms with Crippen molar-refractivity contribution < 1.29 is 14.3 Å². The number of aromatic nitrogens is 2. The molecule has 0 radical (unpaired) electrons. The predicted molar refractivity (Wildman–Crippen MR) is 119 cm³/mol. The lowest BCUT2D eigenvalue weighted by molar-refractivity contribution is 0.0947. The molecule has 158 valence electrons. The molecule has 0 spiro atoms. The van der Waals surface area contributed by atoms with Crippen molar-refractivity contribution in [2.45, 2.75) is 20.4 Å². The van der Waals surface area contributed by atoms with Gasteiger partial charge in [0, 0.05) is 30.5 Å². The minimum Gasteiger partial charge on any atom is -0.400 e. The van der Waals surface area contributed by atoms with Crippen molar-refractivity contribution in [2.24, 2.45) is 0 Å². The van der Waals surface area contributed by atoms with Crippen LogP contribution in [0.5, 0.6) is 0 Å². The van der Waals surface area contributed by atoms with Crippen LogP contribution in [0.25, 0.3) is 11.1 Å². The predicted octanol–water partition coefficient (Wildman–Crippen LogP) is 3.86. The molecule has 0 saturated carbocycles. The lowest BCUT2D eigenvalue weighted by Crippen LogP contribution is -2.24. The summed E-state index contributed by atoms with van der Waals surface area (Å²) < 4.78 is 14.1. The first-order chi connectivity index (χ1) is 14.4. The maximum atomic E-state index is 14.1. The summed E-state index contributed by atoms with van der Waals surface area (Å²) in [5, 5.41) is 9.96. The van der Waals surface area contributed by atoms with Gasteiger partial charge < -0.3 is 21.1 Å². The third kappa shape index (κ3) is 5.83. The highest BCUT2D eigenvalue weighted by molar-refractivity contribution is 6.29. The Morgan fingerprint density at radius 3 is 2.60 bits per heavy atom. The van der Waals surface area contributed by atoms with Crippen molar-refractivity contribution in [2.75, 3.05) is 12.8 Å². The van der Waals surface area contributed by atoms with E-state index >= 15 is 0 Å². The molecule has 2 heterocycles. The SMILES string of the molecule is C#C.CO.Cc1cccc(CNC(=O)c2[nH]c(C)c(-c3cc(Cl)ncc3F)c2N)c1. The van der Waals surface area contributed by atoms with Gasteiger partial charge in [-0.1, -0.05) is 41.4 Å². The van der Waals surface area contributed by atoms with Crippen molar-refractivity contribution in [3.8, 4) is 24.0 Å². The molecular formula is C22H24ClFN4O2. The Labute approximate surface area is 180 Å². The number of benzene rings is 1. The number of hydrogen-bond acceptors (Lipinski definition) is 4. The number of aromatic amines is 1. The number of aryl methyl sites for hydroxylation is 2. The number of rotatable bonds is 4. The van der Waals surface area contributed by atoms with Crippen molar-refractivity contribution in [3.05, 3.63) is 70.0 Å². The van der Waals surface area contributed by atoms with Gasteiger partial charge in [-0.05, 0) is 25.5 Å². The number of pyridine rings is 1. The van der Waals surface area contributed by atoms with E-state index in [4.69, 9.17) is 22.4 Å². The van der Waals surface area contributed by atoms with Crippen LogP contribution in [0.2, 0.25) is 5.15 Å². The number of carbonyl (C=O) groups excluding carboxylic acids is 1. The summed E-state index contributed by atoms with van der Waals surface area (Å²) in [5.74, 6) is -0.922. The van der Waals surface area contributed by atoms with Gasteiger partial charge in [0.2, 0.25) is 0 Å². The molecule has 0 aliphatic carbocycles. The number of carbonyl (C=O) groups is 1. The van der Waals surface area contributed by atoms with Gasteiger partial charge in [0.05, 0.1) is 11.9 Å². The second-order valence-corrected chi connectivity index (χ2v) is 6.46. The zero-order valence-electron chi connectivity index (χ0n) is 17.0. The standard InChI is InChI=1S/C19H18ClFN4O.C2H2.CH4O/c1-10-4-3-5-12(6-10)8-24-19(26)18-17(22)16(11(2)25-18)13-7-15(20)23-9-14(13)21;2*1-2/h3-7,9,25H,8,22H2,1-2H3,(H,24,26);1-2H;2H,1H3. The quantitative estimate of drug-likeness (QED) is 0.372. The molecule has 0 atom stereocenters. The summed E-state index contributed by atoms with van der Waals surface area (Å²) in [6.45, 7) is 4.07. The first kappa shape index (κ1) is 24.7. The first-order valence-corrected chi connectivity index (χ1v) is 9.16. The van der Waals surface area contributed by atoms with E-state index in [0.29, 0.717) is 17.8 Å². The summed E-state index contributed by atoms with van der Waals surface area (Å²) in [4.78, 5) is 19.2. The van der Waals surface area contributed by atoms with E-state index in [1.165, 1.54) is 6.07 Å². The highest BCUT2D eigenvalue weighted by Crippen LogP contribution is 2.34. The van der Waals surface area contributed by atoms with Crippen LogP contribution in [-0.2, 0) is 6.54 Å². The van der Waals surface area contributed by atoms with Crippen molar-refractivity contribution in [1.82, 2.24) is 15.3 Å². The smallest absolute Gasteiger partial charge is 0.270 e. The number of nitrogens with one attached hydrogen (secondary N) is 2. The molecule has 8 heteroatoms. The van der Waals surface area contributed by atoms with Crippen LogP contribution in [-0.4, -0.2) is 28.1 Å². The molecule has 2 aromatic heterocycles. The van der Waals surface area contributed by atoms with Crippen LogP contribution >= 0.6 is 11.6 Å². The van der Waals surface area contributed by atoms with Crippen LogP contribution < -0.4 is 11.1 Å². The van der Waals surface area contributed by atoms with Gasteiger partial charge in [-0.2, -0.15) is 0 Å². The molecule has 0 aliphatic heterocycles. The van der Waals surface area contributed by atoms with Crippen LogP contribution in [0.4, 0.5) is 10.1 Å². The lowest BCUT2D eigenvalue weighted by atomic mass is 10.1. The van der Waals surface area contributed by atoms with E-state index in [1.807, 2.05) is 31.2 Å². The van der Waals surface area contributed by atoms with E-state index in [9.17, 15) is 9.18 Å². The van der Waals surface area contributed by atoms with E-state index in [2.05, 4.69) is 28.1 Å². The minimum absolute atomic E-state index is 0.145. The molecule has 1 aromatic carbocycles. The highest BCUT2D eigenvalue weighted by atomic mass is 35.5. The third-order valence-corrected chi connectivity index (χ3v) is 4.29. The maximum absolute atomic E-state index is 14.1. The van der Waals surface area contributed by atoms with Gasteiger partial charge in [0.25, 0.3) is 5.91 Å². The van der Waals surface area contributed by atoms with E-state index in [1.54, 1.807) is 6.92 Å². The molecular weight excluding hydrogens is 407 g/mol. The number of hydrogen-bond donors (Lipinski definition) is 4. The second-order valence-electron chi connectivity index (χ2n) is 6.07. The fraction of sp³-hybridized carbons (Fsp3) is 0.182. The Hall–Kier alpha value is -3.34. The fourth-order valence-corrected chi connectivity index (χ4v) is 3.03. The largest absolute Gasteiger partial charge is 0.400 e. The normalized spacial score (nSPS) is 9.60. The van der Waals surface area contributed by atoms with Crippen LogP contribution in [0, 0.1) is 32.5 Å². The summed E-state index contributed by atoms with van der Waals surface area (Å²) in [5.41, 5.74) is 9.77. The number of halogens is 2. The summed E-state index contributed by atoms with van der Waals surface area (Å²) in [6, 6.07) is 9.22. The zero-order chi connectivity index (χ0) is 22.8. The Morgan fingerprint density at radius 1 is 1.30 bits per heavy atom. The van der Waals surface area contributed by atoms with Crippen molar-refractivity contribution in [3.63, 3.8) is 0 Å². The molecule has 6 nitrogen and oxygen atoms in total. The van der Waals surface area contributed by atoms with Crippen molar-refractivity contribution in [1.29, 1.82) is 0 Å². The van der Waals surface area contributed by atoms with Gasteiger partial charge in [-0.15, -0.1) is 12.8 Å².